The average molecular weight is 200 g/mol. The fourth-order valence-corrected chi connectivity index (χ4v) is 1.80. The maximum atomic E-state index is 9.46. The Morgan fingerprint density at radius 2 is 2.23 bits per heavy atom. The van der Waals surface area contributed by atoms with Crippen LogP contribution in [0.4, 0.5) is 0 Å². The second kappa shape index (κ2) is 4.07. The molecule has 2 heterocycles. The molecule has 1 atom stereocenters. The second-order valence-corrected chi connectivity index (χ2v) is 3.46. The van der Waals surface area contributed by atoms with Gasteiger partial charge in [0, 0.05) is 25.5 Å². The minimum atomic E-state index is -0.149. The van der Waals surface area contributed by atoms with E-state index in [-0.39, 0.29) is 18.5 Å². The van der Waals surface area contributed by atoms with Gasteiger partial charge in [-0.1, -0.05) is 0 Å². The molecule has 0 saturated heterocycles. The lowest BCUT2D eigenvalue weighted by Gasteiger charge is -2.15. The number of aryl methyl sites for hydroxylation is 2. The number of nitrogens with zero attached hydrogens (tertiary/aromatic N) is 1. The van der Waals surface area contributed by atoms with Crippen LogP contribution in [0.3, 0.4) is 0 Å². The Balaban J connectivity index is 0.000000845. The van der Waals surface area contributed by atoms with Crippen LogP contribution in [0.15, 0.2) is 18.2 Å². The quantitative estimate of drug-likeness (QED) is 0.463. The lowest BCUT2D eigenvalue weighted by molar-refractivity contribution is -0.721. The molecule has 72 valence electrons. The van der Waals surface area contributed by atoms with Crippen LogP contribution < -0.4 is 17.0 Å². The van der Waals surface area contributed by atoms with Crippen LogP contribution in [0, 0.1) is 6.92 Å². The molecule has 1 aromatic heterocycles. The Morgan fingerprint density at radius 1 is 1.46 bits per heavy atom. The van der Waals surface area contributed by atoms with E-state index in [1.165, 1.54) is 11.4 Å². The van der Waals surface area contributed by atoms with Crippen LogP contribution in [-0.2, 0) is 13.0 Å². The minimum absolute atomic E-state index is 0. The van der Waals surface area contributed by atoms with E-state index < -0.39 is 0 Å². The molecular formula is C10H14ClNO. The van der Waals surface area contributed by atoms with Crippen molar-refractivity contribution in [3.8, 4) is 0 Å². The van der Waals surface area contributed by atoms with Crippen molar-refractivity contribution in [1.82, 2.24) is 0 Å². The van der Waals surface area contributed by atoms with E-state index in [1.54, 1.807) is 0 Å². The van der Waals surface area contributed by atoms with Crippen LogP contribution in [0.25, 0.3) is 0 Å². The number of aliphatic hydroxyl groups is 1. The Bertz CT molecular complexity index is 301. The Hall–Kier alpha value is -0.600. The highest BCUT2D eigenvalue weighted by atomic mass is 35.5. The van der Waals surface area contributed by atoms with Gasteiger partial charge >= 0.3 is 0 Å². The molecule has 2 nitrogen and oxygen atoms in total. The van der Waals surface area contributed by atoms with Crippen molar-refractivity contribution in [3.63, 3.8) is 0 Å². The van der Waals surface area contributed by atoms with Gasteiger partial charge in [0.15, 0.2) is 17.9 Å². The third-order valence-electron chi connectivity index (χ3n) is 2.53. The summed E-state index contributed by atoms with van der Waals surface area (Å²) in [6.45, 7) is 2.85. The molecule has 1 aromatic rings. The lowest BCUT2D eigenvalue weighted by atomic mass is 10.1. The Kier molecular flexibility index (Phi) is 3.28. The molecule has 0 aliphatic carbocycles. The van der Waals surface area contributed by atoms with Gasteiger partial charge in [-0.15, -0.1) is 0 Å². The molecule has 2 rings (SSSR count). The first kappa shape index (κ1) is 10.5. The summed E-state index contributed by atoms with van der Waals surface area (Å²) in [5, 5.41) is 9.46. The van der Waals surface area contributed by atoms with Crippen molar-refractivity contribution < 1.29 is 22.1 Å². The largest absolute Gasteiger partial charge is 1.00 e. The third kappa shape index (κ3) is 2.01. The van der Waals surface area contributed by atoms with Crippen LogP contribution in [0.2, 0.25) is 0 Å². The molecule has 1 aliphatic heterocycles. The predicted molar refractivity (Wildman–Crippen MR) is 45.7 cm³/mol. The molecule has 0 fully saturated rings. The van der Waals surface area contributed by atoms with Gasteiger partial charge < -0.3 is 17.5 Å². The normalized spacial score (nSPS) is 20.3. The predicted octanol–water partition coefficient (Wildman–Crippen LogP) is -2.41. The smallest absolute Gasteiger partial charge is 0.181 e. The zero-order valence-electron chi connectivity index (χ0n) is 7.70. The van der Waals surface area contributed by atoms with E-state index in [0.717, 1.165) is 19.4 Å². The number of halogens is 1. The summed E-state index contributed by atoms with van der Waals surface area (Å²) >= 11 is 0. The molecule has 0 aromatic carbocycles. The molecule has 0 amide bonds. The molecule has 0 bridgehead atoms. The highest BCUT2D eigenvalue weighted by Gasteiger charge is 2.23. The fourth-order valence-electron chi connectivity index (χ4n) is 1.80. The number of fused-ring (bicyclic) bond motifs is 1. The molecule has 1 unspecified atom stereocenters. The first-order chi connectivity index (χ1) is 5.77. The Labute approximate surface area is 84.6 Å². The first-order valence-corrected chi connectivity index (χ1v) is 4.44. The van der Waals surface area contributed by atoms with Crippen molar-refractivity contribution in [1.29, 1.82) is 0 Å². The number of aromatic nitrogens is 1. The molecule has 3 heteroatoms. The minimum Gasteiger partial charge on any atom is -1.00 e. The number of rotatable bonds is 0. The molecule has 1 N–H and O–H groups in total. The van der Waals surface area contributed by atoms with Crippen molar-refractivity contribution in [2.75, 3.05) is 0 Å². The summed E-state index contributed by atoms with van der Waals surface area (Å²) in [6, 6.07) is 6.30. The van der Waals surface area contributed by atoms with Crippen LogP contribution in [0.1, 0.15) is 17.8 Å². The van der Waals surface area contributed by atoms with Crippen LogP contribution >= 0.6 is 0 Å². The zero-order valence-corrected chi connectivity index (χ0v) is 8.46. The van der Waals surface area contributed by atoms with E-state index in [1.807, 2.05) is 0 Å². The van der Waals surface area contributed by atoms with Gasteiger partial charge in [0.2, 0.25) is 0 Å². The zero-order chi connectivity index (χ0) is 8.55. The van der Waals surface area contributed by atoms with Gasteiger partial charge in [-0.25, -0.2) is 0 Å². The third-order valence-corrected chi connectivity index (χ3v) is 2.53. The lowest BCUT2D eigenvalue weighted by Crippen LogP contribution is -3.00. The molecule has 13 heavy (non-hydrogen) atoms. The highest BCUT2D eigenvalue weighted by Crippen LogP contribution is 2.08. The van der Waals surface area contributed by atoms with E-state index in [4.69, 9.17) is 0 Å². The SMILES string of the molecule is Cc1cccc2[n+]1CC(O)CC2.[Cl-]. The van der Waals surface area contributed by atoms with E-state index in [9.17, 15) is 5.11 Å². The van der Waals surface area contributed by atoms with Gasteiger partial charge in [-0.2, -0.15) is 4.57 Å². The molecule has 1 aliphatic rings. The maximum Gasteiger partial charge on any atom is 0.181 e. The first-order valence-electron chi connectivity index (χ1n) is 4.44. The fraction of sp³-hybridized carbons (Fsp3) is 0.500. The molecule has 0 spiro atoms. The van der Waals surface area contributed by atoms with E-state index >= 15 is 0 Å². The summed E-state index contributed by atoms with van der Waals surface area (Å²) < 4.78 is 2.20. The van der Waals surface area contributed by atoms with Gasteiger partial charge in [0.05, 0.1) is 0 Å². The monoisotopic (exact) mass is 199 g/mol. The van der Waals surface area contributed by atoms with E-state index in [2.05, 4.69) is 29.7 Å². The highest BCUT2D eigenvalue weighted by molar-refractivity contribution is 5.03. The van der Waals surface area contributed by atoms with Crippen molar-refractivity contribution in [3.05, 3.63) is 29.6 Å². The summed E-state index contributed by atoms with van der Waals surface area (Å²) in [4.78, 5) is 0. The van der Waals surface area contributed by atoms with Crippen LogP contribution in [-0.4, -0.2) is 11.2 Å². The van der Waals surface area contributed by atoms with Crippen molar-refractivity contribution in [2.24, 2.45) is 0 Å². The van der Waals surface area contributed by atoms with Crippen molar-refractivity contribution in [2.45, 2.75) is 32.4 Å². The summed E-state index contributed by atoms with van der Waals surface area (Å²) in [5.41, 5.74) is 2.59. The number of hydrogen-bond acceptors (Lipinski definition) is 1. The van der Waals surface area contributed by atoms with Gasteiger partial charge in [-0.3, -0.25) is 0 Å². The van der Waals surface area contributed by atoms with Gasteiger partial charge in [0.1, 0.15) is 6.10 Å². The summed E-state index contributed by atoms with van der Waals surface area (Å²) in [7, 11) is 0. The molecular weight excluding hydrogens is 186 g/mol. The second-order valence-electron chi connectivity index (χ2n) is 3.46. The van der Waals surface area contributed by atoms with E-state index in [0.29, 0.717) is 0 Å². The number of aliphatic hydroxyl groups excluding tert-OH is 1. The number of pyridine rings is 1. The van der Waals surface area contributed by atoms with Gasteiger partial charge in [0.25, 0.3) is 0 Å². The van der Waals surface area contributed by atoms with Crippen LogP contribution in [0.5, 0.6) is 0 Å². The molecule has 0 radical (unpaired) electrons. The summed E-state index contributed by atoms with van der Waals surface area (Å²) in [6.07, 6.45) is 1.76. The topological polar surface area (TPSA) is 24.1 Å². The standard InChI is InChI=1S/C10H14NO.ClH/c1-8-3-2-4-9-5-6-10(12)7-11(8)9;/h2-4,10,12H,5-7H2,1H3;1H/q+1;/p-1. The maximum absolute atomic E-state index is 9.46. The van der Waals surface area contributed by atoms with Crippen molar-refractivity contribution >= 4 is 0 Å². The molecule has 0 saturated carbocycles. The Morgan fingerprint density at radius 3 is 3.00 bits per heavy atom. The van der Waals surface area contributed by atoms with Gasteiger partial charge in [-0.05, 0) is 12.5 Å². The summed E-state index contributed by atoms with van der Waals surface area (Å²) in [5.74, 6) is 0. The average Bonchev–Trinajstić information content (AvgIpc) is 2.07. The number of hydrogen-bond donors (Lipinski definition) is 1.